The molecule has 1 aliphatic rings. The Bertz CT molecular complexity index is 321. The molecule has 1 amide bonds. The Hall–Kier alpha value is -0.610. The van der Waals surface area contributed by atoms with Crippen molar-refractivity contribution < 1.29 is 4.79 Å². The molecule has 124 valence electrons. The predicted octanol–water partition coefficient (Wildman–Crippen LogP) is 2.52. The lowest BCUT2D eigenvalue weighted by molar-refractivity contribution is -0.126. The van der Waals surface area contributed by atoms with Gasteiger partial charge < -0.3 is 16.0 Å². The van der Waals surface area contributed by atoms with Gasteiger partial charge in [0.2, 0.25) is 5.91 Å². The molecule has 0 bridgehead atoms. The quantitative estimate of drug-likeness (QED) is 0.687. The largest absolute Gasteiger partial charge is 0.368 e. The average molecular weight is 297 g/mol. The van der Waals surface area contributed by atoms with Gasteiger partial charge in [-0.15, -0.1) is 0 Å². The van der Waals surface area contributed by atoms with Crippen molar-refractivity contribution in [3.8, 4) is 0 Å². The maximum Gasteiger partial charge on any atom is 0.237 e. The summed E-state index contributed by atoms with van der Waals surface area (Å²) in [7, 11) is 0. The van der Waals surface area contributed by atoms with Crippen molar-refractivity contribution in [1.82, 2.24) is 10.2 Å². The van der Waals surface area contributed by atoms with Crippen molar-refractivity contribution in [3.63, 3.8) is 0 Å². The maximum atomic E-state index is 12.1. The Morgan fingerprint density at radius 1 is 1.43 bits per heavy atom. The van der Waals surface area contributed by atoms with Crippen LogP contribution in [0.2, 0.25) is 0 Å². The van der Waals surface area contributed by atoms with E-state index in [1.807, 2.05) is 0 Å². The van der Waals surface area contributed by atoms with Gasteiger partial charge in [-0.2, -0.15) is 0 Å². The van der Waals surface area contributed by atoms with Crippen LogP contribution in [0.3, 0.4) is 0 Å². The van der Waals surface area contributed by atoms with Gasteiger partial charge in [-0.05, 0) is 51.1 Å². The van der Waals surface area contributed by atoms with Crippen molar-refractivity contribution in [2.45, 2.75) is 77.8 Å². The van der Waals surface area contributed by atoms with Crippen LogP contribution in [0.15, 0.2) is 0 Å². The summed E-state index contributed by atoms with van der Waals surface area (Å²) in [5, 5.41) is 3.46. The van der Waals surface area contributed by atoms with Gasteiger partial charge in [-0.1, -0.05) is 34.1 Å². The molecular formula is C17H35N3O. The van der Waals surface area contributed by atoms with E-state index < -0.39 is 5.54 Å². The van der Waals surface area contributed by atoms with Gasteiger partial charge >= 0.3 is 0 Å². The zero-order valence-corrected chi connectivity index (χ0v) is 14.5. The topological polar surface area (TPSA) is 58.4 Å². The van der Waals surface area contributed by atoms with Crippen molar-refractivity contribution >= 4 is 5.91 Å². The van der Waals surface area contributed by atoms with Crippen LogP contribution in [0.5, 0.6) is 0 Å². The first-order chi connectivity index (χ1) is 9.99. The normalized spacial score (nSPS) is 27.8. The maximum absolute atomic E-state index is 12.1. The molecule has 4 nitrogen and oxygen atoms in total. The highest BCUT2D eigenvalue weighted by molar-refractivity contribution is 5.84. The molecule has 1 aliphatic carbocycles. The molecule has 0 radical (unpaired) electrons. The molecule has 1 fully saturated rings. The van der Waals surface area contributed by atoms with Crippen LogP contribution in [0.1, 0.15) is 66.2 Å². The predicted molar refractivity (Wildman–Crippen MR) is 89.2 cm³/mol. The van der Waals surface area contributed by atoms with E-state index in [0.29, 0.717) is 12.0 Å². The minimum Gasteiger partial charge on any atom is -0.368 e. The second-order valence-corrected chi connectivity index (χ2v) is 6.72. The summed E-state index contributed by atoms with van der Waals surface area (Å²) in [5.41, 5.74) is 5.27. The lowest BCUT2D eigenvalue weighted by Gasteiger charge is -2.44. The number of primary amides is 1. The number of rotatable bonds is 9. The Morgan fingerprint density at radius 2 is 2.14 bits per heavy atom. The smallest absolute Gasteiger partial charge is 0.237 e. The lowest BCUT2D eigenvalue weighted by atomic mass is 9.77. The zero-order chi connectivity index (χ0) is 15.9. The zero-order valence-electron chi connectivity index (χ0n) is 14.5. The molecule has 0 saturated heterocycles. The van der Waals surface area contributed by atoms with Crippen molar-refractivity contribution in [3.05, 3.63) is 0 Å². The molecule has 3 N–H and O–H groups in total. The van der Waals surface area contributed by atoms with E-state index >= 15 is 0 Å². The molecule has 21 heavy (non-hydrogen) atoms. The first-order valence-electron chi connectivity index (χ1n) is 8.78. The summed E-state index contributed by atoms with van der Waals surface area (Å²) >= 11 is 0. The fraction of sp³-hybridized carbons (Fsp3) is 0.941. The van der Waals surface area contributed by atoms with E-state index in [1.54, 1.807) is 0 Å². The fourth-order valence-corrected chi connectivity index (χ4v) is 3.46. The average Bonchev–Trinajstić information content (AvgIpc) is 2.50. The second kappa shape index (κ2) is 8.74. The van der Waals surface area contributed by atoms with Crippen LogP contribution in [-0.4, -0.2) is 42.0 Å². The molecule has 0 aromatic carbocycles. The lowest BCUT2D eigenvalue weighted by Crippen LogP contribution is -2.61. The van der Waals surface area contributed by atoms with Crippen molar-refractivity contribution in [2.75, 3.05) is 19.6 Å². The van der Waals surface area contributed by atoms with E-state index in [2.05, 4.69) is 37.9 Å². The highest BCUT2D eigenvalue weighted by Crippen LogP contribution is 2.31. The third-order valence-electron chi connectivity index (χ3n) is 5.08. The number of carbonyl (C=O) groups is 1. The molecule has 1 saturated carbocycles. The van der Waals surface area contributed by atoms with Crippen LogP contribution in [-0.2, 0) is 4.79 Å². The van der Waals surface area contributed by atoms with E-state index in [9.17, 15) is 4.79 Å². The van der Waals surface area contributed by atoms with Gasteiger partial charge in [0.25, 0.3) is 0 Å². The molecular weight excluding hydrogens is 262 g/mol. The first-order valence-corrected chi connectivity index (χ1v) is 8.78. The molecule has 0 aromatic rings. The van der Waals surface area contributed by atoms with Gasteiger partial charge in [-0.3, -0.25) is 4.79 Å². The van der Waals surface area contributed by atoms with Gasteiger partial charge in [0.1, 0.15) is 0 Å². The van der Waals surface area contributed by atoms with E-state index in [0.717, 1.165) is 45.3 Å². The molecule has 3 atom stereocenters. The van der Waals surface area contributed by atoms with Gasteiger partial charge in [-0.25, -0.2) is 0 Å². The third-order valence-corrected chi connectivity index (χ3v) is 5.08. The summed E-state index contributed by atoms with van der Waals surface area (Å²) < 4.78 is 0. The van der Waals surface area contributed by atoms with Crippen molar-refractivity contribution in [1.29, 1.82) is 0 Å². The monoisotopic (exact) mass is 297 g/mol. The standard InChI is InChI=1S/C17H35N3O/c1-5-11-19-17(16(18)21)10-8-9-15(12-17)20(7-3)13-14(4)6-2/h14-15,19H,5-13H2,1-4H3,(H2,18,21). The van der Waals surface area contributed by atoms with Crippen molar-refractivity contribution in [2.24, 2.45) is 11.7 Å². The Labute approximate surface area is 130 Å². The van der Waals surface area contributed by atoms with Gasteiger partial charge in [0.15, 0.2) is 0 Å². The van der Waals surface area contributed by atoms with Crippen LogP contribution in [0.4, 0.5) is 0 Å². The summed E-state index contributed by atoms with van der Waals surface area (Å²) in [6, 6.07) is 0.481. The van der Waals surface area contributed by atoms with Gasteiger partial charge in [0, 0.05) is 12.6 Å². The molecule has 0 aromatic heterocycles. The van der Waals surface area contributed by atoms with E-state index in [4.69, 9.17) is 5.73 Å². The number of carbonyl (C=O) groups excluding carboxylic acids is 1. The van der Waals surface area contributed by atoms with E-state index in [1.165, 1.54) is 12.8 Å². The molecule has 3 unspecified atom stereocenters. The number of nitrogens with two attached hydrogens (primary N) is 1. The summed E-state index contributed by atoms with van der Waals surface area (Å²) in [4.78, 5) is 14.6. The minimum absolute atomic E-state index is 0.166. The SMILES string of the molecule is CCCNC1(C(N)=O)CCCC(N(CC)CC(C)CC)C1. The summed E-state index contributed by atoms with van der Waals surface area (Å²) in [5.74, 6) is 0.540. The molecule has 4 heteroatoms. The number of hydrogen-bond donors (Lipinski definition) is 2. The van der Waals surface area contributed by atoms with Gasteiger partial charge in [0.05, 0.1) is 5.54 Å². The summed E-state index contributed by atoms with van der Waals surface area (Å²) in [6.07, 6.45) is 6.27. The molecule has 0 spiro atoms. The minimum atomic E-state index is -0.484. The highest BCUT2D eigenvalue weighted by atomic mass is 16.1. The molecule has 0 heterocycles. The van der Waals surface area contributed by atoms with Crippen LogP contribution in [0, 0.1) is 5.92 Å². The number of nitrogens with one attached hydrogen (secondary N) is 1. The molecule has 0 aliphatic heterocycles. The van der Waals surface area contributed by atoms with Crippen LogP contribution >= 0.6 is 0 Å². The first kappa shape index (κ1) is 18.4. The fourth-order valence-electron chi connectivity index (χ4n) is 3.46. The summed E-state index contributed by atoms with van der Waals surface area (Å²) in [6.45, 7) is 12.0. The van der Waals surface area contributed by atoms with E-state index in [-0.39, 0.29) is 5.91 Å². The Balaban J connectivity index is 2.77. The Morgan fingerprint density at radius 3 is 2.67 bits per heavy atom. The number of amides is 1. The number of nitrogens with zero attached hydrogens (tertiary/aromatic N) is 1. The second-order valence-electron chi connectivity index (χ2n) is 6.72. The highest BCUT2D eigenvalue weighted by Gasteiger charge is 2.42. The van der Waals surface area contributed by atoms with Crippen LogP contribution in [0.25, 0.3) is 0 Å². The molecule has 1 rings (SSSR count). The Kier molecular flexibility index (Phi) is 7.67. The van der Waals surface area contributed by atoms with Crippen LogP contribution < -0.4 is 11.1 Å². The third kappa shape index (κ3) is 4.96. The number of hydrogen-bond acceptors (Lipinski definition) is 3.